The van der Waals surface area contributed by atoms with Gasteiger partial charge in [0.2, 0.25) is 0 Å². The van der Waals surface area contributed by atoms with E-state index in [-0.39, 0.29) is 0 Å². The Kier molecular flexibility index (Phi) is 3.78. The second kappa shape index (κ2) is 5.55. The van der Waals surface area contributed by atoms with E-state index in [1.54, 1.807) is 0 Å². The molecule has 1 aromatic carbocycles. The van der Waals surface area contributed by atoms with Gasteiger partial charge in [0.05, 0.1) is 11.6 Å². The van der Waals surface area contributed by atoms with E-state index in [2.05, 4.69) is 41.8 Å². The molecule has 2 bridgehead atoms. The molecule has 0 spiro atoms. The predicted octanol–water partition coefficient (Wildman–Crippen LogP) is 2.62. The Morgan fingerprint density at radius 1 is 1.15 bits per heavy atom. The maximum Gasteiger partial charge on any atom is 0.0991 e. The van der Waals surface area contributed by atoms with Crippen LogP contribution >= 0.6 is 0 Å². The zero-order chi connectivity index (χ0) is 14.1. The average molecular weight is 269 g/mol. The summed E-state index contributed by atoms with van der Waals surface area (Å²) in [5.41, 5.74) is 2.08. The van der Waals surface area contributed by atoms with Gasteiger partial charge in [-0.1, -0.05) is 12.1 Å². The summed E-state index contributed by atoms with van der Waals surface area (Å²) in [7, 11) is 0. The van der Waals surface area contributed by atoms with Crippen molar-refractivity contribution in [2.24, 2.45) is 0 Å². The van der Waals surface area contributed by atoms with Crippen LogP contribution in [-0.2, 0) is 6.54 Å². The van der Waals surface area contributed by atoms with Gasteiger partial charge in [-0.05, 0) is 44.4 Å². The van der Waals surface area contributed by atoms with Crippen LogP contribution in [0.25, 0.3) is 0 Å². The van der Waals surface area contributed by atoms with Crippen LogP contribution in [0.15, 0.2) is 24.3 Å². The van der Waals surface area contributed by atoms with E-state index < -0.39 is 0 Å². The fourth-order valence-corrected chi connectivity index (χ4v) is 3.60. The molecule has 1 aromatic rings. The van der Waals surface area contributed by atoms with Crippen LogP contribution in [0.2, 0.25) is 0 Å². The Labute approximate surface area is 121 Å². The van der Waals surface area contributed by atoms with Crippen LogP contribution in [0.5, 0.6) is 0 Å². The number of nitriles is 1. The van der Waals surface area contributed by atoms with Gasteiger partial charge in [-0.2, -0.15) is 5.26 Å². The molecule has 106 valence electrons. The third-order valence-electron chi connectivity index (χ3n) is 4.84. The number of nitrogens with zero attached hydrogens (tertiary/aromatic N) is 3. The summed E-state index contributed by atoms with van der Waals surface area (Å²) >= 11 is 0. The minimum Gasteiger partial charge on any atom is -0.298 e. The second-order valence-electron chi connectivity index (χ2n) is 6.41. The quantitative estimate of drug-likeness (QED) is 0.845. The lowest BCUT2D eigenvalue weighted by Crippen LogP contribution is -2.54. The lowest BCUT2D eigenvalue weighted by molar-refractivity contribution is 0.0442. The Morgan fingerprint density at radius 2 is 1.75 bits per heavy atom. The first-order chi connectivity index (χ1) is 9.67. The van der Waals surface area contributed by atoms with E-state index in [9.17, 15) is 0 Å². The monoisotopic (exact) mass is 269 g/mol. The van der Waals surface area contributed by atoms with E-state index in [1.807, 2.05) is 12.1 Å². The van der Waals surface area contributed by atoms with Gasteiger partial charge in [0.25, 0.3) is 0 Å². The number of fused-ring (bicyclic) bond motifs is 2. The van der Waals surface area contributed by atoms with Crippen molar-refractivity contribution in [2.75, 3.05) is 13.1 Å². The summed E-state index contributed by atoms with van der Waals surface area (Å²) < 4.78 is 0. The number of hydrogen-bond donors (Lipinski definition) is 0. The zero-order valence-corrected chi connectivity index (χ0v) is 12.4. The highest BCUT2D eigenvalue weighted by atomic mass is 15.3. The molecular formula is C17H23N3. The van der Waals surface area contributed by atoms with E-state index in [0.29, 0.717) is 18.1 Å². The lowest BCUT2D eigenvalue weighted by atomic mass is 10.1. The average Bonchev–Trinajstić information content (AvgIpc) is 2.70. The van der Waals surface area contributed by atoms with Crippen molar-refractivity contribution in [1.82, 2.24) is 9.80 Å². The summed E-state index contributed by atoms with van der Waals surface area (Å²) in [5, 5.41) is 8.86. The van der Waals surface area contributed by atoms with Gasteiger partial charge >= 0.3 is 0 Å². The first-order valence-corrected chi connectivity index (χ1v) is 7.66. The molecule has 20 heavy (non-hydrogen) atoms. The molecule has 2 saturated heterocycles. The molecule has 0 radical (unpaired) electrons. The summed E-state index contributed by atoms with van der Waals surface area (Å²) in [5.74, 6) is 0. The maximum absolute atomic E-state index is 8.86. The van der Waals surface area contributed by atoms with Gasteiger partial charge in [-0.25, -0.2) is 0 Å². The molecular weight excluding hydrogens is 246 g/mol. The fourth-order valence-electron chi connectivity index (χ4n) is 3.60. The first kappa shape index (κ1) is 13.6. The molecule has 0 aromatic heterocycles. The molecule has 2 aliphatic rings. The number of rotatable bonds is 3. The normalized spacial score (nSPS) is 26.9. The summed E-state index contributed by atoms with van der Waals surface area (Å²) in [6.45, 7) is 8.06. The topological polar surface area (TPSA) is 30.3 Å². The van der Waals surface area contributed by atoms with E-state index in [0.717, 1.165) is 12.1 Å². The zero-order valence-electron chi connectivity index (χ0n) is 12.4. The standard InChI is InChI=1S/C17H23N3/c1-13(2)19-11-16-7-8-17(12-19)20(16)10-15-5-3-14(9-18)4-6-15/h3-6,13,16-17H,7-8,10-12H2,1-2H3. The van der Waals surface area contributed by atoms with Crippen LogP contribution in [0.3, 0.4) is 0 Å². The van der Waals surface area contributed by atoms with E-state index >= 15 is 0 Å². The van der Waals surface area contributed by atoms with Gasteiger partial charge in [-0.15, -0.1) is 0 Å². The molecule has 3 nitrogen and oxygen atoms in total. The molecule has 2 unspecified atom stereocenters. The molecule has 0 amide bonds. The number of piperazine rings is 1. The molecule has 0 aliphatic carbocycles. The van der Waals surface area contributed by atoms with Crippen molar-refractivity contribution in [2.45, 2.75) is 51.4 Å². The maximum atomic E-state index is 8.86. The van der Waals surface area contributed by atoms with Crippen molar-refractivity contribution < 1.29 is 0 Å². The largest absolute Gasteiger partial charge is 0.298 e. The summed E-state index contributed by atoms with van der Waals surface area (Å²) in [6, 6.07) is 12.3. The minimum atomic E-state index is 0.662. The Morgan fingerprint density at radius 3 is 2.25 bits per heavy atom. The lowest BCUT2D eigenvalue weighted by Gasteiger charge is -2.42. The number of likely N-dealkylation sites (tertiary alicyclic amines) is 1. The van der Waals surface area contributed by atoms with Crippen LogP contribution in [0, 0.1) is 11.3 Å². The summed E-state index contributed by atoms with van der Waals surface area (Å²) in [4.78, 5) is 5.30. The van der Waals surface area contributed by atoms with Crippen LogP contribution in [-0.4, -0.2) is 41.0 Å². The molecule has 2 atom stereocenters. The molecule has 0 N–H and O–H groups in total. The van der Waals surface area contributed by atoms with Crippen molar-refractivity contribution in [3.8, 4) is 6.07 Å². The second-order valence-corrected chi connectivity index (χ2v) is 6.41. The smallest absolute Gasteiger partial charge is 0.0991 e. The highest BCUT2D eigenvalue weighted by Crippen LogP contribution is 2.32. The van der Waals surface area contributed by atoms with Crippen molar-refractivity contribution in [3.63, 3.8) is 0 Å². The molecule has 3 heteroatoms. The van der Waals surface area contributed by atoms with Crippen LogP contribution in [0.1, 0.15) is 37.8 Å². The van der Waals surface area contributed by atoms with Gasteiger partial charge in [0, 0.05) is 37.8 Å². The Balaban J connectivity index is 1.68. The fraction of sp³-hybridized carbons (Fsp3) is 0.588. The van der Waals surface area contributed by atoms with E-state index in [4.69, 9.17) is 5.26 Å². The summed E-state index contributed by atoms with van der Waals surface area (Å²) in [6.07, 6.45) is 2.67. The van der Waals surface area contributed by atoms with Crippen LogP contribution < -0.4 is 0 Å². The van der Waals surface area contributed by atoms with Crippen LogP contribution in [0.4, 0.5) is 0 Å². The third kappa shape index (κ3) is 2.59. The highest BCUT2D eigenvalue weighted by Gasteiger charge is 2.40. The van der Waals surface area contributed by atoms with Gasteiger partial charge in [0.15, 0.2) is 0 Å². The van der Waals surface area contributed by atoms with Gasteiger partial charge < -0.3 is 0 Å². The van der Waals surface area contributed by atoms with E-state index in [1.165, 1.54) is 31.5 Å². The Bertz CT molecular complexity index is 486. The molecule has 2 aliphatic heterocycles. The van der Waals surface area contributed by atoms with Gasteiger partial charge in [-0.3, -0.25) is 9.80 Å². The predicted molar refractivity (Wildman–Crippen MR) is 80.2 cm³/mol. The Hall–Kier alpha value is -1.37. The third-order valence-corrected chi connectivity index (χ3v) is 4.84. The van der Waals surface area contributed by atoms with Crippen molar-refractivity contribution >= 4 is 0 Å². The molecule has 2 heterocycles. The molecule has 3 rings (SSSR count). The van der Waals surface area contributed by atoms with Crippen molar-refractivity contribution in [3.05, 3.63) is 35.4 Å². The molecule has 0 saturated carbocycles. The first-order valence-electron chi connectivity index (χ1n) is 7.66. The highest BCUT2D eigenvalue weighted by molar-refractivity contribution is 5.31. The van der Waals surface area contributed by atoms with Crippen molar-refractivity contribution in [1.29, 1.82) is 5.26 Å². The minimum absolute atomic E-state index is 0.662. The number of benzene rings is 1. The number of hydrogen-bond acceptors (Lipinski definition) is 3. The molecule has 2 fully saturated rings. The van der Waals surface area contributed by atoms with Gasteiger partial charge in [0.1, 0.15) is 0 Å². The SMILES string of the molecule is CC(C)N1CC2CCC(C1)N2Cc1ccc(C#N)cc1.